The van der Waals surface area contributed by atoms with Crippen LogP contribution < -0.4 is 24.6 Å². The van der Waals surface area contributed by atoms with E-state index in [0.29, 0.717) is 16.5 Å². The van der Waals surface area contributed by atoms with E-state index >= 15 is 0 Å². The van der Waals surface area contributed by atoms with Crippen LogP contribution in [0.2, 0.25) is 5.02 Å². The summed E-state index contributed by atoms with van der Waals surface area (Å²) in [4.78, 5) is 17.9. The third kappa shape index (κ3) is 4.88. The molecule has 3 aromatic carbocycles. The lowest BCUT2D eigenvalue weighted by molar-refractivity contribution is -0.118. The fourth-order valence-corrected chi connectivity index (χ4v) is 5.20. The van der Waals surface area contributed by atoms with Crippen molar-refractivity contribution in [3.8, 4) is 11.5 Å². The Kier molecular flexibility index (Phi) is 7.08. The highest BCUT2D eigenvalue weighted by Gasteiger charge is 2.36. The largest absolute Gasteiger partial charge is 0.493 e. The number of methoxy groups -OCH3 is 1. The van der Waals surface area contributed by atoms with Gasteiger partial charge in [0.25, 0.3) is 0 Å². The highest BCUT2D eigenvalue weighted by molar-refractivity contribution is 6.30. The van der Waals surface area contributed by atoms with E-state index in [4.69, 9.17) is 21.1 Å². The molecule has 0 saturated carbocycles. The molecule has 0 aromatic heterocycles. The first-order valence-corrected chi connectivity index (χ1v) is 12.8. The number of nitrogens with one attached hydrogen (secondary N) is 1. The number of hydrogen-bond acceptors (Lipinski definition) is 5. The van der Waals surface area contributed by atoms with Gasteiger partial charge in [0.2, 0.25) is 5.91 Å². The number of carbonyl (C=O) groups excluding carboxylic acids is 1. The maximum atomic E-state index is 13.7. The van der Waals surface area contributed by atoms with Crippen molar-refractivity contribution in [3.63, 3.8) is 0 Å². The Labute approximate surface area is 217 Å². The maximum absolute atomic E-state index is 13.7. The molecular weight excluding hydrogens is 474 g/mol. The molecule has 1 saturated heterocycles. The third-order valence-corrected chi connectivity index (χ3v) is 7.00. The summed E-state index contributed by atoms with van der Waals surface area (Å²) in [5.41, 5.74) is 5.00. The number of halogens is 1. The molecule has 188 valence electrons. The van der Waals surface area contributed by atoms with Crippen LogP contribution >= 0.6 is 11.6 Å². The van der Waals surface area contributed by atoms with Crippen molar-refractivity contribution in [1.82, 2.24) is 5.32 Å². The first-order valence-electron chi connectivity index (χ1n) is 12.5. The maximum Gasteiger partial charge on any atom is 0.232 e. The number of anilines is 2. The predicted molar refractivity (Wildman–Crippen MR) is 145 cm³/mol. The standard InChI is InChI=1S/C29H32ClN3O3/c1-19(2)36-27-18-25-21(16-26(27)35-3)17-28(34)33(29(25)20-4-6-22(30)7-5-20)24-10-8-23(9-11-24)32-14-12-31-13-15-32/h4-11,16,18-19,29,31H,12-15,17H2,1-3H3. The highest BCUT2D eigenvalue weighted by Crippen LogP contribution is 2.44. The molecule has 2 heterocycles. The number of ether oxygens (including phenoxy) is 2. The summed E-state index contributed by atoms with van der Waals surface area (Å²) in [5, 5.41) is 4.05. The van der Waals surface area contributed by atoms with Gasteiger partial charge in [0.15, 0.2) is 11.5 Å². The fourth-order valence-electron chi connectivity index (χ4n) is 5.08. The van der Waals surface area contributed by atoms with Crippen molar-refractivity contribution >= 4 is 28.9 Å². The molecule has 0 spiro atoms. The molecular formula is C29H32ClN3O3. The number of benzene rings is 3. The van der Waals surface area contributed by atoms with Crippen molar-refractivity contribution in [2.24, 2.45) is 0 Å². The van der Waals surface area contributed by atoms with Gasteiger partial charge in [-0.2, -0.15) is 0 Å². The zero-order valence-corrected chi connectivity index (χ0v) is 21.7. The molecule has 6 nitrogen and oxygen atoms in total. The SMILES string of the molecule is COc1cc2c(cc1OC(C)C)C(c1ccc(Cl)cc1)N(c1ccc(N3CCNCC3)cc1)C(=O)C2. The Bertz CT molecular complexity index is 1220. The first-order chi connectivity index (χ1) is 17.4. The second-order valence-corrected chi connectivity index (χ2v) is 9.95. The van der Waals surface area contributed by atoms with Gasteiger partial charge >= 0.3 is 0 Å². The average Bonchev–Trinajstić information content (AvgIpc) is 2.89. The molecule has 2 aliphatic rings. The zero-order chi connectivity index (χ0) is 25.2. The minimum Gasteiger partial charge on any atom is -0.493 e. The van der Waals surface area contributed by atoms with Gasteiger partial charge in [-0.25, -0.2) is 0 Å². The van der Waals surface area contributed by atoms with Crippen LogP contribution in [0.3, 0.4) is 0 Å². The van der Waals surface area contributed by atoms with Crippen LogP contribution in [0.25, 0.3) is 0 Å². The van der Waals surface area contributed by atoms with Crippen LogP contribution in [0.1, 0.15) is 36.6 Å². The number of carbonyl (C=O) groups is 1. The second-order valence-electron chi connectivity index (χ2n) is 9.52. The summed E-state index contributed by atoms with van der Waals surface area (Å²) >= 11 is 6.22. The smallest absolute Gasteiger partial charge is 0.232 e. The van der Waals surface area contributed by atoms with Gasteiger partial charge < -0.3 is 24.6 Å². The molecule has 1 unspecified atom stereocenters. The number of amides is 1. The van der Waals surface area contributed by atoms with Crippen LogP contribution in [-0.4, -0.2) is 45.3 Å². The Morgan fingerprint density at radius 1 is 0.944 bits per heavy atom. The average molecular weight is 506 g/mol. The van der Waals surface area contributed by atoms with Crippen LogP contribution in [0.5, 0.6) is 11.5 Å². The fraction of sp³-hybridized carbons (Fsp3) is 0.345. The van der Waals surface area contributed by atoms with E-state index in [2.05, 4.69) is 34.5 Å². The van der Waals surface area contributed by atoms with Gasteiger partial charge in [0.1, 0.15) is 0 Å². The molecule has 0 radical (unpaired) electrons. The van der Waals surface area contributed by atoms with Crippen LogP contribution in [-0.2, 0) is 11.2 Å². The number of rotatable bonds is 6. The monoisotopic (exact) mass is 505 g/mol. The van der Waals surface area contributed by atoms with Crippen molar-refractivity contribution in [2.45, 2.75) is 32.4 Å². The Hall–Kier alpha value is -3.22. The molecule has 0 bridgehead atoms. The lowest BCUT2D eigenvalue weighted by atomic mass is 9.86. The second kappa shape index (κ2) is 10.4. The molecule has 0 aliphatic carbocycles. The topological polar surface area (TPSA) is 54.0 Å². The molecule has 5 rings (SSSR count). The first kappa shape index (κ1) is 24.5. The van der Waals surface area contributed by atoms with Gasteiger partial charge in [-0.1, -0.05) is 23.7 Å². The Balaban J connectivity index is 1.60. The van der Waals surface area contributed by atoms with E-state index in [1.54, 1.807) is 7.11 Å². The van der Waals surface area contributed by atoms with E-state index < -0.39 is 0 Å². The predicted octanol–water partition coefficient (Wildman–Crippen LogP) is 5.22. The Morgan fingerprint density at radius 2 is 1.61 bits per heavy atom. The quantitative estimate of drug-likeness (QED) is 0.497. The summed E-state index contributed by atoms with van der Waals surface area (Å²) in [6.45, 7) is 7.89. The molecule has 3 aromatic rings. The summed E-state index contributed by atoms with van der Waals surface area (Å²) in [7, 11) is 1.63. The van der Waals surface area contributed by atoms with Crippen molar-refractivity contribution in [2.75, 3.05) is 43.1 Å². The summed E-state index contributed by atoms with van der Waals surface area (Å²) < 4.78 is 11.7. The van der Waals surface area contributed by atoms with Gasteiger partial charge in [0, 0.05) is 42.6 Å². The third-order valence-electron chi connectivity index (χ3n) is 6.75. The van der Waals surface area contributed by atoms with E-state index in [-0.39, 0.29) is 24.5 Å². The molecule has 1 atom stereocenters. The molecule has 1 amide bonds. The van der Waals surface area contributed by atoms with Gasteiger partial charge in [-0.3, -0.25) is 4.79 Å². The van der Waals surface area contributed by atoms with Crippen molar-refractivity contribution < 1.29 is 14.3 Å². The lowest BCUT2D eigenvalue weighted by Gasteiger charge is -2.38. The van der Waals surface area contributed by atoms with E-state index in [0.717, 1.165) is 48.6 Å². The van der Waals surface area contributed by atoms with Gasteiger partial charge in [-0.15, -0.1) is 0 Å². The highest BCUT2D eigenvalue weighted by atomic mass is 35.5. The summed E-state index contributed by atoms with van der Waals surface area (Å²) in [6.07, 6.45) is 0.280. The van der Waals surface area contributed by atoms with E-state index in [1.165, 1.54) is 5.69 Å². The number of nitrogens with zero attached hydrogens (tertiary/aromatic N) is 2. The van der Waals surface area contributed by atoms with Crippen molar-refractivity contribution in [1.29, 1.82) is 0 Å². The summed E-state index contributed by atoms with van der Waals surface area (Å²) in [5.74, 6) is 1.35. The van der Waals surface area contributed by atoms with Crippen LogP contribution in [0.4, 0.5) is 11.4 Å². The normalized spacial score (nSPS) is 17.8. The zero-order valence-electron chi connectivity index (χ0n) is 21.0. The molecule has 1 fully saturated rings. The van der Waals surface area contributed by atoms with Crippen LogP contribution in [0.15, 0.2) is 60.7 Å². The Morgan fingerprint density at radius 3 is 2.25 bits per heavy atom. The van der Waals surface area contributed by atoms with Crippen molar-refractivity contribution in [3.05, 3.63) is 82.4 Å². The minimum atomic E-state index is -0.316. The molecule has 1 N–H and O–H groups in total. The van der Waals surface area contributed by atoms with Crippen LogP contribution in [0, 0.1) is 0 Å². The molecule has 7 heteroatoms. The number of fused-ring (bicyclic) bond motifs is 1. The number of piperazine rings is 1. The summed E-state index contributed by atoms with van der Waals surface area (Å²) in [6, 6.07) is 19.7. The number of hydrogen-bond donors (Lipinski definition) is 1. The van der Waals surface area contributed by atoms with Gasteiger partial charge in [0.05, 0.1) is 25.7 Å². The van der Waals surface area contributed by atoms with E-state index in [1.807, 2.05) is 55.1 Å². The molecule has 2 aliphatic heterocycles. The lowest BCUT2D eigenvalue weighted by Crippen LogP contribution is -2.43. The van der Waals surface area contributed by atoms with Gasteiger partial charge in [-0.05, 0) is 79.1 Å². The van der Waals surface area contributed by atoms with E-state index in [9.17, 15) is 4.79 Å². The minimum absolute atomic E-state index is 0.00945. The molecule has 36 heavy (non-hydrogen) atoms.